The molecule has 5 nitrogen and oxygen atoms in total. The molecule has 4 rings (SSSR count). The number of nitrogens with zero attached hydrogens (tertiary/aromatic N) is 1. The molecule has 0 bridgehead atoms. The highest BCUT2D eigenvalue weighted by atomic mass is 32.2. The van der Waals surface area contributed by atoms with E-state index in [2.05, 4.69) is 17.4 Å². The highest BCUT2D eigenvalue weighted by Gasteiger charge is 2.40. The van der Waals surface area contributed by atoms with Gasteiger partial charge < -0.3 is 10.1 Å². The summed E-state index contributed by atoms with van der Waals surface area (Å²) in [5, 5.41) is 2.81. The van der Waals surface area contributed by atoms with Gasteiger partial charge in [0.2, 0.25) is 5.91 Å². The molecule has 146 valence electrons. The minimum Gasteiger partial charge on any atom is -0.492 e. The zero-order chi connectivity index (χ0) is 19.3. The molecule has 2 aliphatic rings. The van der Waals surface area contributed by atoms with Crippen LogP contribution in [0.25, 0.3) is 0 Å². The summed E-state index contributed by atoms with van der Waals surface area (Å²) < 4.78 is 5.76. The molecule has 28 heavy (non-hydrogen) atoms. The van der Waals surface area contributed by atoms with E-state index in [0.717, 1.165) is 41.1 Å². The number of thioether (sulfide) groups is 2. The van der Waals surface area contributed by atoms with Crippen molar-refractivity contribution in [3.05, 3.63) is 65.7 Å². The molecule has 2 atom stereocenters. The van der Waals surface area contributed by atoms with Crippen molar-refractivity contribution in [2.75, 3.05) is 24.8 Å². The van der Waals surface area contributed by atoms with E-state index in [1.165, 1.54) is 10.5 Å². The summed E-state index contributed by atoms with van der Waals surface area (Å²) in [6.07, 6.45) is 1.02. The third-order valence-electron chi connectivity index (χ3n) is 4.81. The Balaban J connectivity index is 1.27. The van der Waals surface area contributed by atoms with Crippen LogP contribution in [0.2, 0.25) is 0 Å². The number of amides is 2. The number of nitrogens with one attached hydrogen (secondary N) is 1. The third kappa shape index (κ3) is 4.54. The summed E-state index contributed by atoms with van der Waals surface area (Å²) >= 11 is 3.00. The van der Waals surface area contributed by atoms with Crippen LogP contribution in [-0.4, -0.2) is 46.9 Å². The second-order valence-electron chi connectivity index (χ2n) is 6.78. The van der Waals surface area contributed by atoms with Gasteiger partial charge in [-0.05, 0) is 41.4 Å². The van der Waals surface area contributed by atoms with Gasteiger partial charge in [0, 0.05) is 17.7 Å². The largest absolute Gasteiger partial charge is 0.492 e. The normalized spacial score (nSPS) is 22.1. The van der Waals surface area contributed by atoms with Crippen LogP contribution in [-0.2, 0) is 11.2 Å². The highest BCUT2D eigenvalue weighted by molar-refractivity contribution is 8.15. The first kappa shape index (κ1) is 19.4. The molecule has 0 aromatic heterocycles. The van der Waals surface area contributed by atoms with Crippen LogP contribution < -0.4 is 10.1 Å². The first-order chi connectivity index (χ1) is 13.7. The van der Waals surface area contributed by atoms with Gasteiger partial charge in [-0.3, -0.25) is 14.5 Å². The van der Waals surface area contributed by atoms with E-state index in [-0.39, 0.29) is 17.7 Å². The van der Waals surface area contributed by atoms with Crippen LogP contribution in [0.4, 0.5) is 4.79 Å². The molecule has 0 radical (unpaired) electrons. The zero-order valence-electron chi connectivity index (χ0n) is 15.4. The fourth-order valence-electron chi connectivity index (χ4n) is 3.32. The van der Waals surface area contributed by atoms with Crippen molar-refractivity contribution < 1.29 is 14.3 Å². The lowest BCUT2D eigenvalue weighted by molar-refractivity contribution is -0.127. The van der Waals surface area contributed by atoms with E-state index < -0.39 is 5.25 Å². The molecule has 0 saturated carbocycles. The maximum atomic E-state index is 12.6. The fourth-order valence-corrected chi connectivity index (χ4v) is 5.34. The Bertz CT molecular complexity index is 823. The lowest BCUT2D eigenvalue weighted by Gasteiger charge is -2.15. The quantitative estimate of drug-likeness (QED) is 0.745. The minimum absolute atomic E-state index is 0.165. The number of imide groups is 1. The molecule has 2 unspecified atom stereocenters. The molecule has 2 fully saturated rings. The van der Waals surface area contributed by atoms with E-state index in [0.29, 0.717) is 12.6 Å². The van der Waals surface area contributed by atoms with Gasteiger partial charge in [-0.15, -0.1) is 11.8 Å². The molecule has 2 heterocycles. The number of carbonyl (C=O) groups is 2. The predicted octanol–water partition coefficient (Wildman–Crippen LogP) is 3.71. The molecular weight excluding hydrogens is 392 g/mol. The lowest BCUT2D eigenvalue weighted by atomic mass is 10.1. The van der Waals surface area contributed by atoms with Crippen molar-refractivity contribution in [2.24, 2.45) is 0 Å². The first-order valence-corrected chi connectivity index (χ1v) is 11.3. The monoisotopic (exact) mass is 414 g/mol. The summed E-state index contributed by atoms with van der Waals surface area (Å²) in [5.41, 5.74) is 2.14. The molecule has 7 heteroatoms. The molecule has 2 saturated heterocycles. The van der Waals surface area contributed by atoms with Crippen LogP contribution in [0, 0.1) is 0 Å². The Kier molecular flexibility index (Phi) is 6.24. The number of rotatable bonds is 7. The summed E-state index contributed by atoms with van der Waals surface area (Å²) in [5.74, 6) is 2.77. The molecule has 1 N–H and O–H groups in total. The van der Waals surface area contributed by atoms with Crippen LogP contribution in [0.15, 0.2) is 54.6 Å². The molecule has 2 aromatic carbocycles. The van der Waals surface area contributed by atoms with Crippen LogP contribution in [0.1, 0.15) is 16.4 Å². The van der Waals surface area contributed by atoms with Crippen molar-refractivity contribution in [3.63, 3.8) is 0 Å². The SMILES string of the molecule is O=C1SC(c2ccccc2)C(=O)N1CCOc1ccc(CC2CSCN2)cc1. The van der Waals surface area contributed by atoms with Crippen molar-refractivity contribution in [3.8, 4) is 5.75 Å². The molecular formula is C21H22N2O3S2. The highest BCUT2D eigenvalue weighted by Crippen LogP contribution is 2.38. The molecule has 0 spiro atoms. The second kappa shape index (κ2) is 9.03. The number of hydrogen-bond acceptors (Lipinski definition) is 6. The van der Waals surface area contributed by atoms with Crippen molar-refractivity contribution in [1.82, 2.24) is 10.2 Å². The predicted molar refractivity (Wildman–Crippen MR) is 114 cm³/mol. The maximum Gasteiger partial charge on any atom is 0.289 e. The van der Waals surface area contributed by atoms with E-state index in [1.54, 1.807) is 0 Å². The summed E-state index contributed by atoms with van der Waals surface area (Å²) in [6, 6.07) is 18.0. The summed E-state index contributed by atoms with van der Waals surface area (Å²) in [4.78, 5) is 26.1. The summed E-state index contributed by atoms with van der Waals surface area (Å²) in [7, 11) is 0. The van der Waals surface area contributed by atoms with E-state index in [9.17, 15) is 9.59 Å². The summed E-state index contributed by atoms with van der Waals surface area (Å²) in [6.45, 7) is 0.554. The van der Waals surface area contributed by atoms with Crippen LogP contribution in [0.5, 0.6) is 5.75 Å². The van der Waals surface area contributed by atoms with Gasteiger partial charge in [0.25, 0.3) is 5.24 Å². The Morgan fingerprint density at radius 1 is 1.07 bits per heavy atom. The minimum atomic E-state index is -0.449. The average molecular weight is 415 g/mol. The number of ether oxygens (including phenoxy) is 1. The lowest BCUT2D eigenvalue weighted by Crippen LogP contribution is -2.33. The standard InChI is InChI=1S/C21H22N2O3S2/c24-20-19(16-4-2-1-3-5-16)28-21(25)23(20)10-11-26-18-8-6-15(7-9-18)12-17-13-27-14-22-17/h1-9,17,19,22H,10-14H2. The molecule has 0 aliphatic carbocycles. The smallest absolute Gasteiger partial charge is 0.289 e. The van der Waals surface area contributed by atoms with Crippen LogP contribution >= 0.6 is 23.5 Å². The van der Waals surface area contributed by atoms with Gasteiger partial charge in [0.05, 0.1) is 6.54 Å². The van der Waals surface area contributed by atoms with E-state index in [4.69, 9.17) is 4.74 Å². The molecule has 2 amide bonds. The first-order valence-electron chi connectivity index (χ1n) is 9.30. The second-order valence-corrected chi connectivity index (χ2v) is 8.86. The van der Waals surface area contributed by atoms with Gasteiger partial charge in [0.15, 0.2) is 0 Å². The van der Waals surface area contributed by atoms with Crippen LogP contribution in [0.3, 0.4) is 0 Å². The average Bonchev–Trinajstić information content (AvgIpc) is 3.33. The Morgan fingerprint density at radius 2 is 1.86 bits per heavy atom. The molecule has 2 aliphatic heterocycles. The van der Waals surface area contributed by atoms with Crippen molar-refractivity contribution in [1.29, 1.82) is 0 Å². The Labute approximate surface area is 173 Å². The maximum absolute atomic E-state index is 12.6. The fraction of sp³-hybridized carbons (Fsp3) is 0.333. The van der Waals surface area contributed by atoms with Crippen molar-refractivity contribution >= 4 is 34.7 Å². The van der Waals surface area contributed by atoms with E-state index in [1.807, 2.05) is 54.2 Å². The Hall–Kier alpha value is -1.96. The zero-order valence-corrected chi connectivity index (χ0v) is 17.0. The van der Waals surface area contributed by atoms with Gasteiger partial charge in [0.1, 0.15) is 17.6 Å². The van der Waals surface area contributed by atoms with Gasteiger partial charge in [-0.25, -0.2) is 0 Å². The van der Waals surface area contributed by atoms with Crippen molar-refractivity contribution in [2.45, 2.75) is 17.7 Å². The van der Waals surface area contributed by atoms with Gasteiger partial charge >= 0.3 is 0 Å². The number of hydrogen-bond donors (Lipinski definition) is 1. The molecule has 2 aromatic rings. The van der Waals surface area contributed by atoms with E-state index >= 15 is 0 Å². The number of benzene rings is 2. The van der Waals surface area contributed by atoms with Gasteiger partial charge in [-0.2, -0.15) is 0 Å². The Morgan fingerprint density at radius 3 is 2.57 bits per heavy atom. The number of carbonyl (C=O) groups excluding carboxylic acids is 2. The van der Waals surface area contributed by atoms with Gasteiger partial charge in [-0.1, -0.05) is 42.5 Å². The topological polar surface area (TPSA) is 58.6 Å². The third-order valence-corrected chi connectivity index (χ3v) is 6.95.